The first-order valence-electron chi connectivity index (χ1n) is 11.4. The highest BCUT2D eigenvalue weighted by Gasteiger charge is 2.03. The van der Waals surface area contributed by atoms with Crippen LogP contribution in [0.5, 0.6) is 0 Å². The van der Waals surface area contributed by atoms with Gasteiger partial charge in [0.2, 0.25) is 11.8 Å². The van der Waals surface area contributed by atoms with Crippen molar-refractivity contribution in [1.29, 1.82) is 0 Å². The van der Waals surface area contributed by atoms with Crippen LogP contribution in [0.15, 0.2) is 0 Å². The van der Waals surface area contributed by atoms with E-state index in [0.717, 1.165) is 77.3 Å². The van der Waals surface area contributed by atoms with Crippen LogP contribution in [0.4, 0.5) is 0 Å². The molecule has 0 heterocycles. The molecule has 3 N–H and O–H groups in total. The van der Waals surface area contributed by atoms with Crippen LogP contribution in [0.1, 0.15) is 97.3 Å². The van der Waals surface area contributed by atoms with E-state index in [1.807, 2.05) is 6.92 Å². The Balaban J connectivity index is 3.31. The Bertz CT molecular complexity index is 414. The summed E-state index contributed by atoms with van der Waals surface area (Å²) < 4.78 is 0. The molecule has 0 atom stereocenters. The Morgan fingerprint density at radius 3 is 1.75 bits per heavy atom. The van der Waals surface area contributed by atoms with Gasteiger partial charge in [-0.1, -0.05) is 39.5 Å². The highest BCUT2D eigenvalue weighted by molar-refractivity contribution is 5.78. The third-order valence-electron chi connectivity index (χ3n) is 4.60. The summed E-state index contributed by atoms with van der Waals surface area (Å²) in [6.45, 7) is 6.82. The van der Waals surface area contributed by atoms with Gasteiger partial charge in [0.15, 0.2) is 0 Å². The van der Waals surface area contributed by atoms with Crippen LogP contribution >= 0.6 is 0 Å². The molecule has 6 heteroatoms. The summed E-state index contributed by atoms with van der Waals surface area (Å²) in [6.07, 6.45) is 12.0. The molecule has 0 fully saturated rings. The van der Waals surface area contributed by atoms with E-state index >= 15 is 0 Å². The molecule has 164 valence electrons. The standard InChI is InChI=1S/C22H43N3O3/c1-3-13-20(26)14-9-5-7-11-17-24-21(27)15-10-6-8-12-18-25-22(28)19-23-16-4-2/h23H,3-19H2,1-2H3,(H,24,27)(H,25,28). The Kier molecular flexibility index (Phi) is 19.3. The van der Waals surface area contributed by atoms with E-state index in [9.17, 15) is 14.4 Å². The molecular weight excluding hydrogens is 354 g/mol. The third-order valence-corrected chi connectivity index (χ3v) is 4.60. The first-order chi connectivity index (χ1) is 13.6. The van der Waals surface area contributed by atoms with Gasteiger partial charge in [-0.15, -0.1) is 0 Å². The second-order valence-electron chi connectivity index (χ2n) is 7.49. The Morgan fingerprint density at radius 2 is 1.14 bits per heavy atom. The zero-order valence-corrected chi connectivity index (χ0v) is 18.2. The number of carbonyl (C=O) groups excluding carboxylic acids is 3. The van der Waals surface area contributed by atoms with Gasteiger partial charge in [0.05, 0.1) is 6.54 Å². The van der Waals surface area contributed by atoms with E-state index in [0.29, 0.717) is 38.1 Å². The van der Waals surface area contributed by atoms with Crippen molar-refractivity contribution in [2.75, 3.05) is 26.2 Å². The predicted octanol–water partition coefficient (Wildman–Crippen LogP) is 3.49. The molecule has 0 aromatic carbocycles. The highest BCUT2D eigenvalue weighted by atomic mass is 16.2. The maximum atomic E-state index is 11.8. The van der Waals surface area contributed by atoms with Crippen molar-refractivity contribution in [3.63, 3.8) is 0 Å². The molecular formula is C22H43N3O3. The minimum absolute atomic E-state index is 0.0559. The van der Waals surface area contributed by atoms with Crippen LogP contribution in [0, 0.1) is 0 Å². The number of ketones is 1. The van der Waals surface area contributed by atoms with Crippen LogP contribution in [-0.4, -0.2) is 43.8 Å². The molecule has 2 amide bonds. The van der Waals surface area contributed by atoms with Gasteiger partial charge in [-0.2, -0.15) is 0 Å². The SMILES string of the molecule is CCCNCC(=O)NCCCCCCC(=O)NCCCCCCC(=O)CCC. The highest BCUT2D eigenvalue weighted by Crippen LogP contribution is 2.06. The van der Waals surface area contributed by atoms with Gasteiger partial charge < -0.3 is 16.0 Å². The lowest BCUT2D eigenvalue weighted by atomic mass is 10.1. The van der Waals surface area contributed by atoms with E-state index < -0.39 is 0 Å². The second-order valence-corrected chi connectivity index (χ2v) is 7.49. The molecule has 0 aliphatic heterocycles. The summed E-state index contributed by atoms with van der Waals surface area (Å²) in [5.41, 5.74) is 0. The van der Waals surface area contributed by atoms with Crippen LogP contribution in [0.25, 0.3) is 0 Å². The first-order valence-corrected chi connectivity index (χ1v) is 11.4. The largest absolute Gasteiger partial charge is 0.356 e. The lowest BCUT2D eigenvalue weighted by Gasteiger charge is -2.07. The fourth-order valence-corrected chi connectivity index (χ4v) is 2.95. The van der Waals surface area contributed by atoms with Gasteiger partial charge in [0.1, 0.15) is 5.78 Å². The zero-order valence-electron chi connectivity index (χ0n) is 18.2. The van der Waals surface area contributed by atoms with Crippen LogP contribution in [-0.2, 0) is 14.4 Å². The Hall–Kier alpha value is -1.43. The topological polar surface area (TPSA) is 87.3 Å². The quantitative estimate of drug-likeness (QED) is 0.274. The van der Waals surface area contributed by atoms with Gasteiger partial charge >= 0.3 is 0 Å². The Labute approximate surface area is 172 Å². The van der Waals surface area contributed by atoms with Crippen molar-refractivity contribution in [1.82, 2.24) is 16.0 Å². The molecule has 0 saturated carbocycles. The van der Waals surface area contributed by atoms with Crippen molar-refractivity contribution in [2.24, 2.45) is 0 Å². The summed E-state index contributed by atoms with van der Waals surface area (Å²) in [5, 5.41) is 8.96. The summed E-state index contributed by atoms with van der Waals surface area (Å²) in [7, 11) is 0. The molecule has 0 aromatic heterocycles. The number of carbonyl (C=O) groups is 3. The van der Waals surface area contributed by atoms with E-state index in [4.69, 9.17) is 0 Å². The molecule has 0 rings (SSSR count). The van der Waals surface area contributed by atoms with Crippen LogP contribution in [0.3, 0.4) is 0 Å². The average Bonchev–Trinajstić information content (AvgIpc) is 2.67. The van der Waals surface area contributed by atoms with Crippen LogP contribution < -0.4 is 16.0 Å². The predicted molar refractivity (Wildman–Crippen MR) is 115 cm³/mol. The van der Waals surface area contributed by atoms with E-state index in [-0.39, 0.29) is 11.8 Å². The molecule has 0 spiro atoms. The summed E-state index contributed by atoms with van der Waals surface area (Å²) in [6, 6.07) is 0. The van der Waals surface area contributed by atoms with Gasteiger partial charge in [-0.3, -0.25) is 14.4 Å². The van der Waals surface area contributed by atoms with E-state index in [1.165, 1.54) is 0 Å². The second kappa shape index (κ2) is 20.3. The van der Waals surface area contributed by atoms with E-state index in [2.05, 4.69) is 22.9 Å². The van der Waals surface area contributed by atoms with Crippen molar-refractivity contribution in [3.8, 4) is 0 Å². The molecule has 0 aliphatic rings. The molecule has 0 saturated heterocycles. The van der Waals surface area contributed by atoms with Crippen molar-refractivity contribution < 1.29 is 14.4 Å². The number of rotatable bonds is 20. The molecule has 0 unspecified atom stereocenters. The summed E-state index contributed by atoms with van der Waals surface area (Å²) in [4.78, 5) is 34.7. The number of hydrogen-bond acceptors (Lipinski definition) is 4. The van der Waals surface area contributed by atoms with Gasteiger partial charge in [-0.25, -0.2) is 0 Å². The lowest BCUT2D eigenvalue weighted by molar-refractivity contribution is -0.121. The first kappa shape index (κ1) is 26.6. The summed E-state index contributed by atoms with van der Waals surface area (Å²) >= 11 is 0. The molecule has 0 radical (unpaired) electrons. The van der Waals surface area contributed by atoms with Gasteiger partial charge in [0, 0.05) is 32.4 Å². The smallest absolute Gasteiger partial charge is 0.233 e. The monoisotopic (exact) mass is 397 g/mol. The molecule has 28 heavy (non-hydrogen) atoms. The van der Waals surface area contributed by atoms with Crippen molar-refractivity contribution in [3.05, 3.63) is 0 Å². The number of amides is 2. The molecule has 0 bridgehead atoms. The maximum Gasteiger partial charge on any atom is 0.233 e. The van der Waals surface area contributed by atoms with Crippen molar-refractivity contribution >= 4 is 17.6 Å². The van der Waals surface area contributed by atoms with Gasteiger partial charge in [-0.05, 0) is 45.1 Å². The molecule has 6 nitrogen and oxygen atoms in total. The maximum absolute atomic E-state index is 11.8. The summed E-state index contributed by atoms with van der Waals surface area (Å²) in [5.74, 6) is 0.566. The average molecular weight is 398 g/mol. The van der Waals surface area contributed by atoms with Crippen molar-refractivity contribution in [2.45, 2.75) is 97.3 Å². The fourth-order valence-electron chi connectivity index (χ4n) is 2.95. The normalized spacial score (nSPS) is 10.6. The van der Waals surface area contributed by atoms with Gasteiger partial charge in [0.25, 0.3) is 0 Å². The third kappa shape index (κ3) is 19.3. The molecule has 0 aliphatic carbocycles. The number of hydrogen-bond donors (Lipinski definition) is 3. The van der Waals surface area contributed by atoms with Crippen LogP contribution in [0.2, 0.25) is 0 Å². The zero-order chi connectivity index (χ0) is 20.9. The van der Waals surface area contributed by atoms with E-state index in [1.54, 1.807) is 0 Å². The number of Topliss-reactive ketones (excluding diaryl/α,β-unsaturated/α-hetero) is 1. The Morgan fingerprint density at radius 1 is 0.571 bits per heavy atom. The minimum Gasteiger partial charge on any atom is -0.356 e. The molecule has 0 aromatic rings. The number of unbranched alkanes of at least 4 members (excludes halogenated alkanes) is 6. The number of nitrogens with one attached hydrogen (secondary N) is 3. The minimum atomic E-state index is 0.0559. The lowest BCUT2D eigenvalue weighted by Crippen LogP contribution is -2.34. The fraction of sp³-hybridized carbons (Fsp3) is 0.864.